The van der Waals surface area contributed by atoms with Gasteiger partial charge in [0, 0.05) is 32.0 Å². The third-order valence-electron chi connectivity index (χ3n) is 7.29. The fraction of sp³-hybridized carbons (Fsp3) is 0.905. The largest absolute Gasteiger partial charge is 0.353 e. The quantitative estimate of drug-likeness (QED) is 0.726. The van der Waals surface area contributed by atoms with E-state index in [1.54, 1.807) is 0 Å². The molecule has 4 heteroatoms. The van der Waals surface area contributed by atoms with Gasteiger partial charge in [0.15, 0.2) is 0 Å². The Balaban J connectivity index is 1.44. The maximum atomic E-state index is 12.4. The summed E-state index contributed by atoms with van der Waals surface area (Å²) >= 11 is 0. The predicted octanol–water partition coefficient (Wildman–Crippen LogP) is 3.75. The molecule has 4 fully saturated rings. The minimum absolute atomic E-state index is 0.135. The van der Waals surface area contributed by atoms with Gasteiger partial charge in [-0.15, -0.1) is 0 Å². The van der Waals surface area contributed by atoms with E-state index in [0.29, 0.717) is 24.7 Å². The van der Waals surface area contributed by atoms with E-state index in [9.17, 15) is 9.59 Å². The molecule has 4 saturated carbocycles. The van der Waals surface area contributed by atoms with Crippen molar-refractivity contribution in [1.82, 2.24) is 10.2 Å². The van der Waals surface area contributed by atoms with Gasteiger partial charge in [-0.2, -0.15) is 0 Å². The number of nitrogens with one attached hydrogen (secondary N) is 1. The fourth-order valence-corrected chi connectivity index (χ4v) is 6.31. The Bertz CT molecular complexity index is 463. The summed E-state index contributed by atoms with van der Waals surface area (Å²) < 4.78 is 0. The Kier molecular flexibility index (Phi) is 5.75. The third-order valence-corrected chi connectivity index (χ3v) is 7.29. The first-order valence-corrected chi connectivity index (χ1v) is 10.5. The highest BCUT2D eigenvalue weighted by atomic mass is 16.2. The molecule has 25 heavy (non-hydrogen) atoms. The molecule has 1 unspecified atom stereocenters. The van der Waals surface area contributed by atoms with Crippen molar-refractivity contribution in [2.45, 2.75) is 84.6 Å². The molecule has 0 aromatic rings. The van der Waals surface area contributed by atoms with Gasteiger partial charge in [0.25, 0.3) is 0 Å². The van der Waals surface area contributed by atoms with Crippen LogP contribution in [0.3, 0.4) is 0 Å². The maximum absolute atomic E-state index is 12.4. The minimum Gasteiger partial charge on any atom is -0.353 e. The molecule has 0 radical (unpaired) electrons. The molecule has 142 valence electrons. The first kappa shape index (κ1) is 18.7. The van der Waals surface area contributed by atoms with Gasteiger partial charge in [-0.3, -0.25) is 9.59 Å². The SMILES string of the molecule is CCN(CC)C(=O)CCCC(=O)NC(C)C12CC3CC(CC(C3)C1)C2. The lowest BCUT2D eigenvalue weighted by Gasteiger charge is -2.59. The van der Waals surface area contributed by atoms with Crippen LogP contribution in [0.25, 0.3) is 0 Å². The summed E-state index contributed by atoms with van der Waals surface area (Å²) in [5.41, 5.74) is 0.363. The summed E-state index contributed by atoms with van der Waals surface area (Å²) in [5.74, 6) is 3.05. The molecule has 4 aliphatic rings. The number of amides is 2. The number of nitrogens with zero attached hydrogens (tertiary/aromatic N) is 1. The van der Waals surface area contributed by atoms with Crippen LogP contribution in [0.5, 0.6) is 0 Å². The van der Waals surface area contributed by atoms with Crippen molar-refractivity contribution in [3.8, 4) is 0 Å². The van der Waals surface area contributed by atoms with Gasteiger partial charge < -0.3 is 10.2 Å². The zero-order valence-electron chi connectivity index (χ0n) is 16.4. The second-order valence-corrected chi connectivity index (χ2v) is 8.99. The van der Waals surface area contributed by atoms with Crippen LogP contribution in [0, 0.1) is 23.2 Å². The topological polar surface area (TPSA) is 49.4 Å². The zero-order chi connectivity index (χ0) is 18.0. The van der Waals surface area contributed by atoms with Crippen LogP contribution in [0.2, 0.25) is 0 Å². The normalized spacial score (nSPS) is 34.0. The highest BCUT2D eigenvalue weighted by Crippen LogP contribution is 2.61. The lowest BCUT2D eigenvalue weighted by atomic mass is 9.48. The third kappa shape index (κ3) is 4.03. The standard InChI is InChI=1S/C21H36N2O2/c1-4-23(5-2)20(25)8-6-7-19(24)22-15(3)21-12-16-9-17(13-21)11-18(10-16)14-21/h15-18H,4-14H2,1-3H3,(H,22,24). The second kappa shape index (κ2) is 7.67. The fourth-order valence-electron chi connectivity index (χ4n) is 6.31. The van der Waals surface area contributed by atoms with Crippen LogP contribution in [-0.4, -0.2) is 35.8 Å². The van der Waals surface area contributed by atoms with Crippen molar-refractivity contribution < 1.29 is 9.59 Å². The van der Waals surface area contributed by atoms with E-state index in [2.05, 4.69) is 12.2 Å². The van der Waals surface area contributed by atoms with E-state index in [1.165, 1.54) is 38.5 Å². The molecule has 0 spiro atoms. The first-order chi connectivity index (χ1) is 12.0. The monoisotopic (exact) mass is 348 g/mol. The molecule has 0 aromatic heterocycles. The van der Waals surface area contributed by atoms with Crippen LogP contribution >= 0.6 is 0 Å². The molecule has 0 aliphatic heterocycles. The lowest BCUT2D eigenvalue weighted by Crippen LogP contribution is -2.55. The minimum atomic E-state index is 0.135. The van der Waals surface area contributed by atoms with Gasteiger partial charge in [-0.25, -0.2) is 0 Å². The molecule has 2 amide bonds. The maximum Gasteiger partial charge on any atom is 0.222 e. The molecule has 4 aliphatic carbocycles. The molecule has 0 saturated heterocycles. The molecular weight excluding hydrogens is 312 g/mol. The van der Waals surface area contributed by atoms with Crippen molar-refractivity contribution in [2.75, 3.05) is 13.1 Å². The van der Waals surface area contributed by atoms with E-state index < -0.39 is 0 Å². The van der Waals surface area contributed by atoms with E-state index >= 15 is 0 Å². The number of hydrogen-bond acceptors (Lipinski definition) is 2. The summed E-state index contributed by atoms with van der Waals surface area (Å²) in [5, 5.41) is 3.30. The number of hydrogen-bond donors (Lipinski definition) is 1. The zero-order valence-corrected chi connectivity index (χ0v) is 16.4. The summed E-state index contributed by atoms with van der Waals surface area (Å²) in [6.07, 6.45) is 9.90. The molecule has 1 atom stereocenters. The average Bonchev–Trinajstić information content (AvgIpc) is 2.54. The van der Waals surface area contributed by atoms with Gasteiger partial charge in [0.05, 0.1) is 0 Å². The predicted molar refractivity (Wildman–Crippen MR) is 100.0 cm³/mol. The number of rotatable bonds is 8. The van der Waals surface area contributed by atoms with Gasteiger partial charge in [-0.05, 0) is 88.9 Å². The Hall–Kier alpha value is -1.06. The average molecular weight is 349 g/mol. The van der Waals surface area contributed by atoms with Gasteiger partial charge >= 0.3 is 0 Å². The highest BCUT2D eigenvalue weighted by molar-refractivity contribution is 5.79. The highest BCUT2D eigenvalue weighted by Gasteiger charge is 2.53. The van der Waals surface area contributed by atoms with E-state index in [0.717, 1.165) is 30.8 Å². The van der Waals surface area contributed by atoms with E-state index in [1.807, 2.05) is 18.7 Å². The van der Waals surface area contributed by atoms with E-state index in [-0.39, 0.29) is 17.9 Å². The number of carbonyl (C=O) groups excluding carboxylic acids is 2. The second-order valence-electron chi connectivity index (χ2n) is 8.99. The molecule has 4 nitrogen and oxygen atoms in total. The van der Waals surface area contributed by atoms with Crippen molar-refractivity contribution in [1.29, 1.82) is 0 Å². The summed E-state index contributed by atoms with van der Waals surface area (Å²) in [4.78, 5) is 26.3. The molecule has 1 N–H and O–H groups in total. The van der Waals surface area contributed by atoms with Crippen molar-refractivity contribution in [3.05, 3.63) is 0 Å². The van der Waals surface area contributed by atoms with Crippen molar-refractivity contribution in [2.24, 2.45) is 23.2 Å². The van der Waals surface area contributed by atoms with Gasteiger partial charge in [-0.1, -0.05) is 0 Å². The van der Waals surface area contributed by atoms with Crippen LogP contribution in [-0.2, 0) is 9.59 Å². The van der Waals surface area contributed by atoms with Crippen LogP contribution in [0.1, 0.15) is 78.6 Å². The van der Waals surface area contributed by atoms with Crippen molar-refractivity contribution >= 4 is 11.8 Å². The van der Waals surface area contributed by atoms with Crippen molar-refractivity contribution in [3.63, 3.8) is 0 Å². The Morgan fingerprint density at radius 3 is 2.00 bits per heavy atom. The Morgan fingerprint density at radius 2 is 1.52 bits per heavy atom. The Labute approximate surface area is 153 Å². The smallest absolute Gasteiger partial charge is 0.222 e. The first-order valence-electron chi connectivity index (χ1n) is 10.5. The van der Waals surface area contributed by atoms with Gasteiger partial charge in [0.1, 0.15) is 0 Å². The van der Waals surface area contributed by atoms with Gasteiger partial charge in [0.2, 0.25) is 11.8 Å². The molecule has 0 heterocycles. The molecule has 0 aromatic carbocycles. The van der Waals surface area contributed by atoms with E-state index in [4.69, 9.17) is 0 Å². The Morgan fingerprint density at radius 1 is 1.00 bits per heavy atom. The molecule has 4 rings (SSSR count). The lowest BCUT2D eigenvalue weighted by molar-refractivity contribution is -0.131. The van der Waals surface area contributed by atoms with Crippen LogP contribution in [0.4, 0.5) is 0 Å². The summed E-state index contributed by atoms with van der Waals surface area (Å²) in [6.45, 7) is 7.74. The van der Waals surface area contributed by atoms with Crippen LogP contribution < -0.4 is 5.32 Å². The molecule has 4 bridgehead atoms. The summed E-state index contributed by atoms with van der Waals surface area (Å²) in [6, 6.07) is 0.284. The number of carbonyl (C=O) groups is 2. The summed E-state index contributed by atoms with van der Waals surface area (Å²) in [7, 11) is 0. The van der Waals surface area contributed by atoms with Crippen LogP contribution in [0.15, 0.2) is 0 Å². The molecular formula is C21H36N2O2.